The van der Waals surface area contributed by atoms with Crippen LogP contribution in [-0.4, -0.2) is 30.4 Å². The van der Waals surface area contributed by atoms with Gasteiger partial charge in [0.25, 0.3) is 0 Å². The molecule has 2 rings (SSSR count). The summed E-state index contributed by atoms with van der Waals surface area (Å²) in [6.07, 6.45) is 6.83. The van der Waals surface area contributed by atoms with Gasteiger partial charge in [-0.3, -0.25) is 9.69 Å². The second-order valence-corrected chi connectivity index (χ2v) is 7.15. The number of rotatable bonds is 7. The number of benzene rings is 1. The van der Waals surface area contributed by atoms with E-state index in [0.29, 0.717) is 6.54 Å². The lowest BCUT2D eigenvalue weighted by molar-refractivity contribution is -0.125. The molecule has 0 aromatic heterocycles. The van der Waals surface area contributed by atoms with Crippen LogP contribution >= 0.6 is 11.6 Å². The number of hydrogen-bond donors (Lipinski definition) is 1. The second-order valence-electron chi connectivity index (χ2n) is 6.75. The topological polar surface area (TPSA) is 32.3 Å². The minimum Gasteiger partial charge on any atom is -0.354 e. The van der Waals surface area contributed by atoms with Crippen molar-refractivity contribution in [3.8, 4) is 0 Å². The van der Waals surface area contributed by atoms with Crippen LogP contribution in [0, 0.1) is 5.92 Å². The van der Waals surface area contributed by atoms with Crippen LogP contribution in [0.5, 0.6) is 0 Å². The summed E-state index contributed by atoms with van der Waals surface area (Å²) in [6.45, 7) is 6.95. The van der Waals surface area contributed by atoms with Gasteiger partial charge in [0.15, 0.2) is 0 Å². The summed E-state index contributed by atoms with van der Waals surface area (Å²) < 4.78 is 0. The summed E-state index contributed by atoms with van der Waals surface area (Å²) >= 11 is 6.47. The first-order valence-corrected chi connectivity index (χ1v) is 9.81. The molecule has 0 aliphatic carbocycles. The van der Waals surface area contributed by atoms with Gasteiger partial charge >= 0.3 is 0 Å². The number of carbonyl (C=O) groups excluding carboxylic acids is 1. The van der Waals surface area contributed by atoms with Gasteiger partial charge in [0.05, 0.1) is 6.04 Å². The number of halogens is 1. The van der Waals surface area contributed by atoms with Crippen LogP contribution in [0.1, 0.15) is 64.0 Å². The maximum absolute atomic E-state index is 12.4. The van der Waals surface area contributed by atoms with E-state index in [1.807, 2.05) is 18.2 Å². The molecular weight excluding hydrogens is 320 g/mol. The Hall–Kier alpha value is -1.06. The molecule has 1 aliphatic rings. The van der Waals surface area contributed by atoms with E-state index in [4.69, 9.17) is 11.6 Å². The molecule has 1 aliphatic heterocycles. The average Bonchev–Trinajstić information content (AvgIpc) is 2.87. The minimum atomic E-state index is 0.112. The lowest BCUT2D eigenvalue weighted by Gasteiger charge is -2.32. The maximum atomic E-state index is 12.4. The first-order valence-electron chi connectivity index (χ1n) is 9.43. The van der Waals surface area contributed by atoms with E-state index in [1.165, 1.54) is 25.7 Å². The molecule has 1 saturated heterocycles. The predicted octanol–water partition coefficient (Wildman–Crippen LogP) is 4.81. The Morgan fingerprint density at radius 1 is 1.12 bits per heavy atom. The van der Waals surface area contributed by atoms with Crippen molar-refractivity contribution in [1.29, 1.82) is 0 Å². The Kier molecular flexibility index (Phi) is 8.07. The number of amides is 1. The van der Waals surface area contributed by atoms with Crippen LogP contribution in [0.2, 0.25) is 5.02 Å². The molecule has 24 heavy (non-hydrogen) atoms. The molecular formula is C20H31ClN2O. The molecule has 1 heterocycles. The van der Waals surface area contributed by atoms with Gasteiger partial charge in [-0.1, -0.05) is 56.5 Å². The fourth-order valence-electron chi connectivity index (χ4n) is 3.59. The number of likely N-dealkylation sites (tertiary alicyclic amines) is 1. The highest BCUT2D eigenvalue weighted by atomic mass is 35.5. The van der Waals surface area contributed by atoms with Crippen molar-refractivity contribution >= 4 is 17.5 Å². The second kappa shape index (κ2) is 10.0. The zero-order valence-corrected chi connectivity index (χ0v) is 15.8. The molecule has 1 aromatic rings. The Morgan fingerprint density at radius 3 is 2.33 bits per heavy atom. The third-order valence-corrected chi connectivity index (χ3v) is 5.52. The summed E-state index contributed by atoms with van der Waals surface area (Å²) in [5.41, 5.74) is 1.13. The third kappa shape index (κ3) is 5.22. The maximum Gasteiger partial charge on any atom is 0.223 e. The summed E-state index contributed by atoms with van der Waals surface area (Å²) in [4.78, 5) is 14.9. The lowest BCUT2D eigenvalue weighted by Crippen LogP contribution is -2.40. The highest BCUT2D eigenvalue weighted by Gasteiger charge is 2.24. The fourth-order valence-corrected chi connectivity index (χ4v) is 3.85. The largest absolute Gasteiger partial charge is 0.354 e. The van der Waals surface area contributed by atoms with Crippen molar-refractivity contribution in [3.63, 3.8) is 0 Å². The van der Waals surface area contributed by atoms with Crippen molar-refractivity contribution in [2.45, 2.75) is 58.4 Å². The van der Waals surface area contributed by atoms with E-state index >= 15 is 0 Å². The van der Waals surface area contributed by atoms with Crippen LogP contribution in [0.3, 0.4) is 0 Å². The summed E-state index contributed by atoms with van der Waals surface area (Å²) in [5.74, 6) is 0.285. The third-order valence-electron chi connectivity index (χ3n) is 5.17. The quantitative estimate of drug-likeness (QED) is 0.765. The molecule has 0 saturated carbocycles. The smallest absolute Gasteiger partial charge is 0.223 e. The number of carbonyl (C=O) groups is 1. The van der Waals surface area contributed by atoms with Crippen molar-refractivity contribution < 1.29 is 4.79 Å². The molecule has 0 spiro atoms. The van der Waals surface area contributed by atoms with E-state index in [-0.39, 0.29) is 17.9 Å². The lowest BCUT2D eigenvalue weighted by atomic mass is 10.0. The number of nitrogens with zero attached hydrogens (tertiary/aromatic N) is 1. The standard InChI is InChI=1S/C20H31ClN2O/c1-3-16(4-2)20(24)22-15-19(17-11-7-8-12-18(17)21)23-13-9-5-6-10-14-23/h7-8,11-12,16,19H,3-6,9-10,13-15H2,1-2H3,(H,22,24)/t19-/m0/s1. The monoisotopic (exact) mass is 350 g/mol. The molecule has 1 fully saturated rings. The Labute approximate surface area is 151 Å². The number of nitrogens with one attached hydrogen (secondary N) is 1. The molecule has 1 aromatic carbocycles. The van der Waals surface area contributed by atoms with Crippen molar-refractivity contribution in [2.24, 2.45) is 5.92 Å². The molecule has 1 atom stereocenters. The van der Waals surface area contributed by atoms with Gasteiger partial charge in [-0.2, -0.15) is 0 Å². The molecule has 0 bridgehead atoms. The Balaban J connectivity index is 2.13. The first-order chi connectivity index (χ1) is 11.7. The zero-order chi connectivity index (χ0) is 17.4. The van der Waals surface area contributed by atoms with Crippen LogP contribution in [0.15, 0.2) is 24.3 Å². The Bertz CT molecular complexity index is 508. The molecule has 4 heteroatoms. The summed E-state index contributed by atoms with van der Waals surface area (Å²) in [5, 5.41) is 3.98. The molecule has 1 N–H and O–H groups in total. The van der Waals surface area contributed by atoms with Crippen LogP contribution in [-0.2, 0) is 4.79 Å². The SMILES string of the molecule is CCC(CC)C(=O)NC[C@@H](c1ccccc1Cl)N1CCCCCC1. The van der Waals surface area contributed by atoms with Gasteiger partial charge in [0.1, 0.15) is 0 Å². The zero-order valence-electron chi connectivity index (χ0n) is 15.1. The fraction of sp³-hybridized carbons (Fsp3) is 0.650. The number of hydrogen-bond acceptors (Lipinski definition) is 2. The molecule has 0 unspecified atom stereocenters. The predicted molar refractivity (Wildman–Crippen MR) is 101 cm³/mol. The van der Waals surface area contributed by atoms with Gasteiger partial charge in [-0.25, -0.2) is 0 Å². The first kappa shape index (κ1) is 19.3. The molecule has 3 nitrogen and oxygen atoms in total. The Morgan fingerprint density at radius 2 is 1.75 bits per heavy atom. The van der Waals surface area contributed by atoms with E-state index in [9.17, 15) is 4.79 Å². The average molecular weight is 351 g/mol. The van der Waals surface area contributed by atoms with Crippen LogP contribution in [0.4, 0.5) is 0 Å². The van der Waals surface area contributed by atoms with Gasteiger partial charge in [-0.05, 0) is 50.4 Å². The highest BCUT2D eigenvalue weighted by Crippen LogP contribution is 2.29. The van der Waals surface area contributed by atoms with Crippen LogP contribution in [0.25, 0.3) is 0 Å². The summed E-state index contributed by atoms with van der Waals surface area (Å²) in [7, 11) is 0. The van der Waals surface area contributed by atoms with E-state index in [1.54, 1.807) is 0 Å². The summed E-state index contributed by atoms with van der Waals surface area (Å²) in [6, 6.07) is 8.21. The van der Waals surface area contributed by atoms with Crippen molar-refractivity contribution in [1.82, 2.24) is 10.2 Å². The van der Waals surface area contributed by atoms with E-state index < -0.39 is 0 Å². The normalized spacial score (nSPS) is 17.5. The highest BCUT2D eigenvalue weighted by molar-refractivity contribution is 6.31. The molecule has 0 radical (unpaired) electrons. The minimum absolute atomic E-state index is 0.112. The van der Waals surface area contributed by atoms with Crippen LogP contribution < -0.4 is 5.32 Å². The molecule has 134 valence electrons. The van der Waals surface area contributed by atoms with Gasteiger partial charge in [0, 0.05) is 17.5 Å². The van der Waals surface area contributed by atoms with E-state index in [2.05, 4.69) is 30.1 Å². The van der Waals surface area contributed by atoms with Crippen molar-refractivity contribution in [3.05, 3.63) is 34.9 Å². The molecule has 1 amide bonds. The van der Waals surface area contributed by atoms with Gasteiger partial charge in [0.2, 0.25) is 5.91 Å². The van der Waals surface area contributed by atoms with E-state index in [0.717, 1.165) is 36.5 Å². The van der Waals surface area contributed by atoms with Gasteiger partial charge in [-0.15, -0.1) is 0 Å². The van der Waals surface area contributed by atoms with Gasteiger partial charge < -0.3 is 5.32 Å². The van der Waals surface area contributed by atoms with Crippen molar-refractivity contribution in [2.75, 3.05) is 19.6 Å².